The van der Waals surface area contributed by atoms with E-state index in [2.05, 4.69) is 10.0 Å². The van der Waals surface area contributed by atoms with Crippen LogP contribution in [0.25, 0.3) is 10.4 Å². The van der Waals surface area contributed by atoms with Crippen LogP contribution in [0.3, 0.4) is 0 Å². The lowest BCUT2D eigenvalue weighted by Crippen LogP contribution is -2.23. The van der Waals surface area contributed by atoms with Crippen molar-refractivity contribution in [3.05, 3.63) is 45.8 Å². The number of ether oxygens (including phenoxy) is 1. The molecule has 0 saturated carbocycles. The van der Waals surface area contributed by atoms with Crippen LogP contribution in [0.1, 0.15) is 18.1 Å². The summed E-state index contributed by atoms with van der Waals surface area (Å²) in [6.07, 6.45) is 0.366. The number of esters is 1. The Balaban J connectivity index is 2.79. The summed E-state index contributed by atoms with van der Waals surface area (Å²) in [5, 5.41) is 3.47. The number of benzene rings is 1. The largest absolute Gasteiger partial charge is 0.466 e. The minimum Gasteiger partial charge on any atom is -0.466 e. The summed E-state index contributed by atoms with van der Waals surface area (Å²) >= 11 is 0. The molecule has 0 amide bonds. The van der Waals surface area contributed by atoms with E-state index in [0.717, 1.165) is 11.1 Å². The number of aryl methyl sites for hydroxylation is 1. The average Bonchev–Trinajstić information content (AvgIpc) is 2.29. The normalized spacial score (nSPS) is 11.4. The van der Waals surface area contributed by atoms with Crippen molar-refractivity contribution in [2.24, 2.45) is 5.11 Å². The second-order valence-electron chi connectivity index (χ2n) is 3.67. The molecule has 5 heteroatoms. The van der Waals surface area contributed by atoms with E-state index >= 15 is 0 Å². The van der Waals surface area contributed by atoms with E-state index in [-0.39, 0.29) is 6.61 Å². The van der Waals surface area contributed by atoms with Crippen molar-refractivity contribution in [2.45, 2.75) is 26.3 Å². The van der Waals surface area contributed by atoms with Gasteiger partial charge in [0.25, 0.3) is 0 Å². The topological polar surface area (TPSA) is 75.1 Å². The van der Waals surface area contributed by atoms with Crippen molar-refractivity contribution >= 4 is 5.97 Å². The van der Waals surface area contributed by atoms with E-state index in [1.165, 1.54) is 0 Å². The van der Waals surface area contributed by atoms with E-state index < -0.39 is 12.0 Å². The molecule has 0 saturated heterocycles. The number of hydrogen-bond acceptors (Lipinski definition) is 3. The van der Waals surface area contributed by atoms with Gasteiger partial charge in [-0.1, -0.05) is 34.9 Å². The Labute approximate surface area is 100 Å². The summed E-state index contributed by atoms with van der Waals surface area (Å²) in [5.74, 6) is -0.480. The molecule has 0 fully saturated rings. The van der Waals surface area contributed by atoms with Gasteiger partial charge < -0.3 is 4.74 Å². The lowest BCUT2D eigenvalue weighted by Gasteiger charge is -2.10. The molecule has 0 aliphatic carbocycles. The maximum Gasteiger partial charge on any atom is 0.315 e. The molecule has 1 rings (SSSR count). The molecule has 0 N–H and O–H groups in total. The quantitative estimate of drug-likeness (QED) is 0.339. The van der Waals surface area contributed by atoms with Gasteiger partial charge in [0.15, 0.2) is 0 Å². The monoisotopic (exact) mass is 233 g/mol. The molecule has 17 heavy (non-hydrogen) atoms. The Hall–Kier alpha value is -2.00. The van der Waals surface area contributed by atoms with Gasteiger partial charge in [-0.25, -0.2) is 0 Å². The zero-order valence-electron chi connectivity index (χ0n) is 9.96. The summed E-state index contributed by atoms with van der Waals surface area (Å²) in [6, 6.07) is 6.94. The van der Waals surface area contributed by atoms with Crippen molar-refractivity contribution in [2.75, 3.05) is 6.61 Å². The average molecular weight is 233 g/mol. The summed E-state index contributed by atoms with van der Waals surface area (Å²) < 4.78 is 4.86. The van der Waals surface area contributed by atoms with Crippen LogP contribution in [0.15, 0.2) is 29.4 Å². The molecular weight excluding hydrogens is 218 g/mol. The molecule has 0 bridgehead atoms. The lowest BCUT2D eigenvalue weighted by atomic mass is 10.0. The van der Waals surface area contributed by atoms with Crippen LogP contribution in [0, 0.1) is 6.92 Å². The highest BCUT2D eigenvalue weighted by Gasteiger charge is 2.18. The minimum absolute atomic E-state index is 0.282. The summed E-state index contributed by atoms with van der Waals surface area (Å²) in [6.45, 7) is 3.97. The van der Waals surface area contributed by atoms with E-state index in [9.17, 15) is 4.79 Å². The minimum atomic E-state index is -0.790. The first-order valence-corrected chi connectivity index (χ1v) is 5.43. The predicted molar refractivity (Wildman–Crippen MR) is 64.5 cm³/mol. The molecule has 1 aromatic rings. The van der Waals surface area contributed by atoms with Crippen LogP contribution in [-0.2, 0) is 16.0 Å². The fourth-order valence-corrected chi connectivity index (χ4v) is 1.53. The number of nitrogens with zero attached hydrogens (tertiary/aromatic N) is 3. The van der Waals surface area contributed by atoms with Gasteiger partial charge in [0.1, 0.15) is 6.04 Å². The number of carbonyl (C=O) groups is 1. The zero-order chi connectivity index (χ0) is 12.7. The number of hydrogen-bond donors (Lipinski definition) is 0. The van der Waals surface area contributed by atoms with Crippen LogP contribution in [0.5, 0.6) is 0 Å². The Bertz CT molecular complexity index is 439. The van der Waals surface area contributed by atoms with Crippen molar-refractivity contribution in [1.82, 2.24) is 0 Å². The Morgan fingerprint density at radius 1 is 1.59 bits per heavy atom. The van der Waals surface area contributed by atoms with Crippen LogP contribution in [-0.4, -0.2) is 18.6 Å². The maximum atomic E-state index is 11.5. The Morgan fingerprint density at radius 2 is 2.35 bits per heavy atom. The third kappa shape index (κ3) is 4.17. The Morgan fingerprint density at radius 3 is 2.94 bits per heavy atom. The first-order chi connectivity index (χ1) is 8.17. The molecule has 0 aromatic heterocycles. The molecule has 1 unspecified atom stereocenters. The second-order valence-corrected chi connectivity index (χ2v) is 3.67. The molecule has 0 radical (unpaired) electrons. The molecule has 90 valence electrons. The molecule has 0 heterocycles. The molecule has 1 atom stereocenters. The fraction of sp³-hybridized carbons (Fsp3) is 0.417. The van der Waals surface area contributed by atoms with E-state index in [1.54, 1.807) is 6.92 Å². The third-order valence-corrected chi connectivity index (χ3v) is 2.26. The first-order valence-electron chi connectivity index (χ1n) is 5.43. The standard InChI is InChI=1S/C12H15N3O2/c1-3-17-12(16)11(14-15-13)8-10-6-4-5-9(2)7-10/h4-7,11H,3,8H2,1-2H3. The molecular formula is C12H15N3O2. The predicted octanol–water partition coefficient (Wildman–Crippen LogP) is 2.78. The highest BCUT2D eigenvalue weighted by Crippen LogP contribution is 2.10. The van der Waals surface area contributed by atoms with Gasteiger partial charge in [-0.15, -0.1) is 0 Å². The van der Waals surface area contributed by atoms with Crippen molar-refractivity contribution < 1.29 is 9.53 Å². The number of carbonyl (C=O) groups excluding carboxylic acids is 1. The number of azide groups is 1. The molecule has 0 aliphatic rings. The third-order valence-electron chi connectivity index (χ3n) is 2.26. The van der Waals surface area contributed by atoms with Gasteiger partial charge >= 0.3 is 5.97 Å². The van der Waals surface area contributed by atoms with Gasteiger partial charge in [-0.05, 0) is 31.4 Å². The lowest BCUT2D eigenvalue weighted by molar-refractivity contribution is -0.144. The SMILES string of the molecule is CCOC(=O)C(Cc1cccc(C)c1)N=[N+]=[N-]. The maximum absolute atomic E-state index is 11.5. The number of rotatable bonds is 5. The van der Waals surface area contributed by atoms with Gasteiger partial charge in [0.05, 0.1) is 6.61 Å². The zero-order valence-corrected chi connectivity index (χ0v) is 9.96. The van der Waals surface area contributed by atoms with Crippen LogP contribution >= 0.6 is 0 Å². The van der Waals surface area contributed by atoms with Crippen molar-refractivity contribution in [3.8, 4) is 0 Å². The molecule has 5 nitrogen and oxygen atoms in total. The first kappa shape index (κ1) is 13.1. The molecule has 0 spiro atoms. The highest BCUT2D eigenvalue weighted by molar-refractivity contribution is 5.76. The fourth-order valence-electron chi connectivity index (χ4n) is 1.53. The van der Waals surface area contributed by atoms with E-state index in [0.29, 0.717) is 6.42 Å². The summed E-state index contributed by atoms with van der Waals surface area (Å²) in [4.78, 5) is 14.2. The molecule has 0 aliphatic heterocycles. The van der Waals surface area contributed by atoms with Crippen molar-refractivity contribution in [1.29, 1.82) is 0 Å². The van der Waals surface area contributed by atoms with Gasteiger partial charge in [0, 0.05) is 4.91 Å². The van der Waals surface area contributed by atoms with Gasteiger partial charge in [-0.2, -0.15) is 0 Å². The summed E-state index contributed by atoms with van der Waals surface area (Å²) in [7, 11) is 0. The van der Waals surface area contributed by atoms with Crippen LogP contribution < -0.4 is 0 Å². The van der Waals surface area contributed by atoms with Crippen LogP contribution in [0.4, 0.5) is 0 Å². The smallest absolute Gasteiger partial charge is 0.315 e. The van der Waals surface area contributed by atoms with Crippen LogP contribution in [0.2, 0.25) is 0 Å². The van der Waals surface area contributed by atoms with Gasteiger partial charge in [-0.3, -0.25) is 4.79 Å². The second kappa shape index (κ2) is 6.55. The van der Waals surface area contributed by atoms with E-state index in [1.807, 2.05) is 31.2 Å². The summed E-state index contributed by atoms with van der Waals surface area (Å²) in [5.41, 5.74) is 10.5. The Kier molecular flexibility index (Phi) is 5.04. The highest BCUT2D eigenvalue weighted by atomic mass is 16.5. The van der Waals surface area contributed by atoms with Gasteiger partial charge in [0.2, 0.25) is 0 Å². The molecule has 1 aromatic carbocycles. The van der Waals surface area contributed by atoms with Crippen molar-refractivity contribution in [3.63, 3.8) is 0 Å². The van der Waals surface area contributed by atoms with E-state index in [4.69, 9.17) is 10.3 Å².